The van der Waals surface area contributed by atoms with Gasteiger partial charge in [0.05, 0.1) is 27.7 Å². The van der Waals surface area contributed by atoms with E-state index >= 15 is 0 Å². The number of hydrogen-bond acceptors (Lipinski definition) is 2. The number of nitrogens with one attached hydrogen (secondary N) is 1. The van der Waals surface area contributed by atoms with Gasteiger partial charge in [-0.3, -0.25) is 0 Å². The molecule has 0 spiro atoms. The van der Waals surface area contributed by atoms with Gasteiger partial charge in [0.2, 0.25) is 0 Å². The summed E-state index contributed by atoms with van der Waals surface area (Å²) in [6.45, 7) is 3.97. The summed E-state index contributed by atoms with van der Waals surface area (Å²) in [5, 5.41) is 3.32. The molecule has 1 aliphatic rings. The Balaban J connectivity index is 2.24. The van der Waals surface area contributed by atoms with E-state index in [2.05, 4.69) is 26.5 Å². The van der Waals surface area contributed by atoms with Crippen LogP contribution in [-0.4, -0.2) is 58.0 Å². The van der Waals surface area contributed by atoms with Crippen molar-refractivity contribution in [1.82, 2.24) is 5.32 Å². The molecule has 3 heteroatoms. The van der Waals surface area contributed by atoms with Crippen LogP contribution < -0.4 is 5.32 Å². The molecule has 0 radical (unpaired) electrons. The van der Waals surface area contributed by atoms with Crippen LogP contribution in [0.2, 0.25) is 0 Å². The number of ether oxygens (including phenoxy) is 1. The van der Waals surface area contributed by atoms with Crippen LogP contribution >= 0.6 is 0 Å². The van der Waals surface area contributed by atoms with Crippen LogP contribution in [0.5, 0.6) is 0 Å². The third kappa shape index (κ3) is 3.70. The van der Waals surface area contributed by atoms with Crippen molar-refractivity contribution in [3.63, 3.8) is 0 Å². The zero-order valence-electron chi connectivity index (χ0n) is 7.76. The first-order valence-corrected chi connectivity index (χ1v) is 4.21. The molecule has 11 heavy (non-hydrogen) atoms. The zero-order valence-corrected chi connectivity index (χ0v) is 7.76. The van der Waals surface area contributed by atoms with Gasteiger partial charge in [0.1, 0.15) is 12.6 Å². The van der Waals surface area contributed by atoms with E-state index in [4.69, 9.17) is 4.74 Å². The highest BCUT2D eigenvalue weighted by atomic mass is 16.5. The fourth-order valence-corrected chi connectivity index (χ4v) is 1.35. The third-order valence-corrected chi connectivity index (χ3v) is 1.76. The predicted molar refractivity (Wildman–Crippen MR) is 45.5 cm³/mol. The van der Waals surface area contributed by atoms with Crippen molar-refractivity contribution in [2.24, 2.45) is 0 Å². The standard InChI is InChI=1S/C8H19N2O/c1-10(2,3)7-8-6-9-4-5-11-8/h8-9H,4-7H2,1-3H3/q+1. The van der Waals surface area contributed by atoms with E-state index in [-0.39, 0.29) is 0 Å². The molecule has 0 aromatic carbocycles. The number of hydrogen-bond donors (Lipinski definition) is 1. The molecule has 0 aromatic rings. The molecule has 0 aromatic heterocycles. The van der Waals surface area contributed by atoms with Gasteiger partial charge in [-0.25, -0.2) is 0 Å². The van der Waals surface area contributed by atoms with Crippen molar-refractivity contribution in [2.45, 2.75) is 6.10 Å². The second-order valence-electron chi connectivity index (χ2n) is 4.17. The minimum atomic E-state index is 0.406. The lowest BCUT2D eigenvalue weighted by Gasteiger charge is -2.31. The van der Waals surface area contributed by atoms with E-state index < -0.39 is 0 Å². The topological polar surface area (TPSA) is 21.3 Å². The highest BCUT2D eigenvalue weighted by molar-refractivity contribution is 4.65. The van der Waals surface area contributed by atoms with Crippen LogP contribution in [0.3, 0.4) is 0 Å². The number of nitrogens with zero attached hydrogens (tertiary/aromatic N) is 1. The Labute approximate surface area is 68.9 Å². The van der Waals surface area contributed by atoms with Crippen molar-refractivity contribution >= 4 is 0 Å². The molecular weight excluding hydrogens is 140 g/mol. The molecule has 1 aliphatic heterocycles. The molecule has 3 nitrogen and oxygen atoms in total. The van der Waals surface area contributed by atoms with E-state index in [0.717, 1.165) is 30.7 Å². The third-order valence-electron chi connectivity index (χ3n) is 1.76. The van der Waals surface area contributed by atoms with Gasteiger partial charge in [0, 0.05) is 13.1 Å². The van der Waals surface area contributed by atoms with Gasteiger partial charge in [-0.2, -0.15) is 0 Å². The second-order valence-corrected chi connectivity index (χ2v) is 4.17. The van der Waals surface area contributed by atoms with Gasteiger partial charge < -0.3 is 14.5 Å². The van der Waals surface area contributed by atoms with Crippen molar-refractivity contribution in [3.8, 4) is 0 Å². The van der Waals surface area contributed by atoms with Gasteiger partial charge >= 0.3 is 0 Å². The summed E-state index contributed by atoms with van der Waals surface area (Å²) in [7, 11) is 6.58. The van der Waals surface area contributed by atoms with Gasteiger partial charge in [0.15, 0.2) is 0 Å². The molecule has 1 atom stereocenters. The first-order valence-electron chi connectivity index (χ1n) is 4.21. The van der Waals surface area contributed by atoms with E-state index in [9.17, 15) is 0 Å². The van der Waals surface area contributed by atoms with Crippen LogP contribution in [0, 0.1) is 0 Å². The molecule has 0 amide bonds. The molecule has 1 heterocycles. The lowest BCUT2D eigenvalue weighted by atomic mass is 10.3. The SMILES string of the molecule is C[N+](C)(C)CC1CNCCO1. The van der Waals surface area contributed by atoms with Crippen molar-refractivity contribution in [1.29, 1.82) is 0 Å². The van der Waals surface area contributed by atoms with Crippen molar-refractivity contribution < 1.29 is 9.22 Å². The van der Waals surface area contributed by atoms with Crippen molar-refractivity contribution in [2.75, 3.05) is 47.4 Å². The molecule has 1 unspecified atom stereocenters. The molecule has 0 aliphatic carbocycles. The summed E-state index contributed by atoms with van der Waals surface area (Å²) in [5.74, 6) is 0. The Morgan fingerprint density at radius 1 is 1.45 bits per heavy atom. The summed E-state index contributed by atoms with van der Waals surface area (Å²) >= 11 is 0. The number of quaternary nitrogens is 1. The Kier molecular flexibility index (Phi) is 2.87. The normalized spacial score (nSPS) is 27.0. The molecule has 0 saturated carbocycles. The minimum absolute atomic E-state index is 0.406. The largest absolute Gasteiger partial charge is 0.370 e. The predicted octanol–water partition coefficient (Wildman–Crippen LogP) is -0.319. The maximum absolute atomic E-state index is 5.58. The first kappa shape index (κ1) is 8.97. The summed E-state index contributed by atoms with van der Waals surface area (Å²) < 4.78 is 6.55. The van der Waals surface area contributed by atoms with Gasteiger partial charge in [0.25, 0.3) is 0 Å². The second kappa shape index (κ2) is 3.52. The van der Waals surface area contributed by atoms with Crippen LogP contribution in [0.15, 0.2) is 0 Å². The van der Waals surface area contributed by atoms with Gasteiger partial charge in [-0.1, -0.05) is 0 Å². The first-order chi connectivity index (χ1) is 5.08. The lowest BCUT2D eigenvalue weighted by molar-refractivity contribution is -0.873. The maximum atomic E-state index is 5.58. The smallest absolute Gasteiger partial charge is 0.119 e. The number of morpholine rings is 1. The summed E-state index contributed by atoms with van der Waals surface area (Å²) in [4.78, 5) is 0. The number of likely N-dealkylation sites (N-methyl/N-ethyl adjacent to an activating group) is 1. The molecule has 1 N–H and O–H groups in total. The van der Waals surface area contributed by atoms with E-state index in [1.807, 2.05) is 0 Å². The summed E-state index contributed by atoms with van der Waals surface area (Å²) in [5.41, 5.74) is 0. The maximum Gasteiger partial charge on any atom is 0.119 e. The van der Waals surface area contributed by atoms with Gasteiger partial charge in [-0.05, 0) is 0 Å². The Morgan fingerprint density at radius 2 is 2.18 bits per heavy atom. The fourth-order valence-electron chi connectivity index (χ4n) is 1.35. The fraction of sp³-hybridized carbons (Fsp3) is 1.00. The van der Waals surface area contributed by atoms with E-state index in [1.54, 1.807) is 0 Å². The summed E-state index contributed by atoms with van der Waals surface area (Å²) in [6.07, 6.45) is 0.406. The highest BCUT2D eigenvalue weighted by Gasteiger charge is 2.20. The highest BCUT2D eigenvalue weighted by Crippen LogP contribution is 2.01. The average molecular weight is 159 g/mol. The zero-order chi connectivity index (χ0) is 8.32. The van der Waals surface area contributed by atoms with Crippen LogP contribution in [0.4, 0.5) is 0 Å². The Hall–Kier alpha value is -0.120. The molecular formula is C8H19N2O+. The Morgan fingerprint density at radius 3 is 2.64 bits per heavy atom. The summed E-state index contributed by atoms with van der Waals surface area (Å²) in [6, 6.07) is 0. The van der Waals surface area contributed by atoms with E-state index in [1.165, 1.54) is 0 Å². The van der Waals surface area contributed by atoms with Crippen LogP contribution in [-0.2, 0) is 4.74 Å². The average Bonchev–Trinajstić information content (AvgIpc) is 1.85. The van der Waals surface area contributed by atoms with Crippen LogP contribution in [0.1, 0.15) is 0 Å². The van der Waals surface area contributed by atoms with Crippen molar-refractivity contribution in [3.05, 3.63) is 0 Å². The molecule has 1 fully saturated rings. The van der Waals surface area contributed by atoms with Gasteiger partial charge in [-0.15, -0.1) is 0 Å². The lowest BCUT2D eigenvalue weighted by Crippen LogP contribution is -2.49. The molecule has 0 bridgehead atoms. The monoisotopic (exact) mass is 159 g/mol. The number of rotatable bonds is 2. The van der Waals surface area contributed by atoms with Crippen LogP contribution in [0.25, 0.3) is 0 Å². The molecule has 1 rings (SSSR count). The molecule has 66 valence electrons. The van der Waals surface area contributed by atoms with E-state index in [0.29, 0.717) is 6.10 Å². The quantitative estimate of drug-likeness (QED) is 0.558. The molecule has 1 saturated heterocycles. The Bertz CT molecular complexity index is 114. The minimum Gasteiger partial charge on any atom is -0.370 e.